The highest BCUT2D eigenvalue weighted by Crippen LogP contribution is 2.28. The van der Waals surface area contributed by atoms with E-state index < -0.39 is 23.6 Å². The van der Waals surface area contributed by atoms with Crippen LogP contribution in [0.5, 0.6) is 0 Å². The summed E-state index contributed by atoms with van der Waals surface area (Å²) in [6, 6.07) is 16.1. The Morgan fingerprint density at radius 1 is 1.10 bits per heavy atom. The Hall–Kier alpha value is -3.93. The van der Waals surface area contributed by atoms with Gasteiger partial charge < -0.3 is 4.57 Å². The summed E-state index contributed by atoms with van der Waals surface area (Å²) in [7, 11) is 1.74. The van der Waals surface area contributed by atoms with Gasteiger partial charge in [-0.1, -0.05) is 12.1 Å². The molecule has 0 saturated heterocycles. The lowest BCUT2D eigenvalue weighted by atomic mass is 9.98. The van der Waals surface area contributed by atoms with Crippen molar-refractivity contribution in [1.82, 2.24) is 19.3 Å². The Morgan fingerprint density at radius 2 is 1.80 bits per heavy atom. The van der Waals surface area contributed by atoms with E-state index in [1.807, 2.05) is 24.3 Å². The number of carbonyl (C=O) groups is 1. The summed E-state index contributed by atoms with van der Waals surface area (Å²) < 4.78 is 41.0. The number of fused-ring (bicyclic) bond motifs is 1. The van der Waals surface area contributed by atoms with Crippen LogP contribution in [0.25, 0.3) is 16.7 Å². The van der Waals surface area contributed by atoms with E-state index in [4.69, 9.17) is 0 Å². The Bertz CT molecular complexity index is 1280. The Kier molecular flexibility index (Phi) is 4.62. The highest BCUT2D eigenvalue weighted by atomic mass is 19.4. The second-order valence-corrected chi connectivity index (χ2v) is 6.63. The Labute approximate surface area is 168 Å². The molecule has 0 fully saturated rings. The molecule has 30 heavy (non-hydrogen) atoms. The number of nitrogens with zero attached hydrogens (tertiary/aromatic N) is 5. The van der Waals surface area contributed by atoms with Gasteiger partial charge in [-0.15, -0.1) is 0 Å². The van der Waals surface area contributed by atoms with E-state index in [0.717, 1.165) is 16.3 Å². The number of imidazole rings is 1. The molecule has 2 aromatic heterocycles. The fourth-order valence-electron chi connectivity index (χ4n) is 3.22. The third-order valence-corrected chi connectivity index (χ3v) is 4.77. The maximum absolute atomic E-state index is 12.9. The highest BCUT2D eigenvalue weighted by Gasteiger charge is 2.33. The van der Waals surface area contributed by atoms with Gasteiger partial charge in [0.25, 0.3) is 0 Å². The van der Waals surface area contributed by atoms with Crippen LogP contribution in [0.4, 0.5) is 13.2 Å². The fraction of sp³-hybridized carbons (Fsp3) is 0.143. The van der Waals surface area contributed by atoms with E-state index in [-0.39, 0.29) is 5.56 Å². The molecule has 0 aliphatic carbocycles. The largest absolute Gasteiger partial charge is 0.435 e. The van der Waals surface area contributed by atoms with Crippen LogP contribution in [0.2, 0.25) is 0 Å². The molecule has 0 spiro atoms. The number of halogens is 3. The molecule has 0 aliphatic heterocycles. The number of hydrogen-bond donors (Lipinski definition) is 0. The van der Waals surface area contributed by atoms with Crippen LogP contribution < -0.4 is 0 Å². The van der Waals surface area contributed by atoms with Crippen molar-refractivity contribution in [2.45, 2.75) is 12.1 Å². The molecule has 0 radical (unpaired) electrons. The second-order valence-electron chi connectivity index (χ2n) is 6.63. The maximum Gasteiger partial charge on any atom is 0.435 e. The monoisotopic (exact) mass is 409 g/mol. The topological polar surface area (TPSA) is 76.5 Å². The van der Waals surface area contributed by atoms with E-state index in [1.165, 1.54) is 30.5 Å². The van der Waals surface area contributed by atoms with Crippen LogP contribution in [-0.2, 0) is 13.2 Å². The average Bonchev–Trinajstić information content (AvgIpc) is 3.35. The Balaban J connectivity index is 1.63. The predicted octanol–water partition coefficient (Wildman–Crippen LogP) is 4.27. The van der Waals surface area contributed by atoms with Gasteiger partial charge in [-0.2, -0.15) is 23.5 Å². The minimum atomic E-state index is -4.53. The number of alkyl halides is 3. The zero-order valence-electron chi connectivity index (χ0n) is 15.6. The van der Waals surface area contributed by atoms with Crippen LogP contribution in [0.3, 0.4) is 0 Å². The van der Waals surface area contributed by atoms with Crippen molar-refractivity contribution in [3.8, 4) is 11.8 Å². The lowest BCUT2D eigenvalue weighted by Gasteiger charge is -2.09. The first-order valence-corrected chi connectivity index (χ1v) is 8.88. The average molecular weight is 409 g/mol. The molecule has 4 aromatic rings. The van der Waals surface area contributed by atoms with Crippen LogP contribution in [-0.4, -0.2) is 25.1 Å². The third-order valence-electron chi connectivity index (χ3n) is 4.77. The number of aryl methyl sites for hydroxylation is 1. The van der Waals surface area contributed by atoms with E-state index >= 15 is 0 Å². The zero-order chi connectivity index (χ0) is 21.5. The highest BCUT2D eigenvalue weighted by molar-refractivity contribution is 6.02. The van der Waals surface area contributed by atoms with Gasteiger partial charge in [0, 0.05) is 18.8 Å². The molecule has 1 unspecified atom stereocenters. The summed E-state index contributed by atoms with van der Waals surface area (Å²) in [5, 5.41) is 13.1. The number of Topliss-reactive ketones (excluding diaryl/α,β-unsaturated/α-hetero) is 1. The van der Waals surface area contributed by atoms with Gasteiger partial charge in [0.15, 0.2) is 17.4 Å². The lowest BCUT2D eigenvalue weighted by molar-refractivity contribution is -0.141. The van der Waals surface area contributed by atoms with Gasteiger partial charge >= 0.3 is 6.18 Å². The van der Waals surface area contributed by atoms with Crippen molar-refractivity contribution in [3.63, 3.8) is 0 Å². The molecule has 4 rings (SSSR count). The molecule has 1 atom stereocenters. The third kappa shape index (κ3) is 3.33. The van der Waals surface area contributed by atoms with Crippen molar-refractivity contribution in [2.24, 2.45) is 7.05 Å². The standard InChI is InChI=1S/C21H14F3N5O/c1-28-17-5-3-2-4-16(17)26-20(28)15(12-25)19(30)13-6-8-14(9-7-13)29-11-10-18(27-29)21(22,23)24/h2-11,15H,1H3. The SMILES string of the molecule is Cn1c(C(C#N)C(=O)c2ccc(-n3ccc(C(F)(F)F)n3)cc2)nc2ccccc21. The van der Waals surface area contributed by atoms with E-state index in [1.54, 1.807) is 17.7 Å². The number of benzene rings is 2. The maximum atomic E-state index is 12.9. The number of ketones is 1. The minimum Gasteiger partial charge on any atom is -0.330 e. The molecule has 150 valence electrons. The first kappa shape index (κ1) is 19.4. The molecule has 9 heteroatoms. The minimum absolute atomic E-state index is 0.251. The number of para-hydroxylation sites is 2. The summed E-state index contributed by atoms with van der Waals surface area (Å²) in [6.45, 7) is 0. The van der Waals surface area contributed by atoms with Gasteiger partial charge in [0.1, 0.15) is 5.82 Å². The van der Waals surface area contributed by atoms with Gasteiger partial charge in [0.05, 0.1) is 22.8 Å². The molecule has 0 aliphatic rings. The van der Waals surface area contributed by atoms with Crippen molar-refractivity contribution in [2.75, 3.05) is 0 Å². The molecular formula is C21H14F3N5O. The van der Waals surface area contributed by atoms with Crippen molar-refractivity contribution < 1.29 is 18.0 Å². The van der Waals surface area contributed by atoms with E-state index in [0.29, 0.717) is 17.0 Å². The first-order chi connectivity index (χ1) is 14.3. The molecule has 6 nitrogen and oxygen atoms in total. The molecule has 2 aromatic carbocycles. The lowest BCUT2D eigenvalue weighted by Crippen LogP contribution is -2.15. The summed E-state index contributed by atoms with van der Waals surface area (Å²) >= 11 is 0. The summed E-state index contributed by atoms with van der Waals surface area (Å²) in [6.07, 6.45) is -3.34. The molecular weight excluding hydrogens is 395 g/mol. The van der Waals surface area contributed by atoms with Gasteiger partial charge in [-0.25, -0.2) is 9.67 Å². The van der Waals surface area contributed by atoms with E-state index in [2.05, 4.69) is 10.1 Å². The van der Waals surface area contributed by atoms with Crippen LogP contribution in [0.1, 0.15) is 27.8 Å². The summed E-state index contributed by atoms with van der Waals surface area (Å²) in [5.41, 5.74) is 1.08. The molecule has 2 heterocycles. The number of hydrogen-bond acceptors (Lipinski definition) is 4. The van der Waals surface area contributed by atoms with Crippen molar-refractivity contribution in [1.29, 1.82) is 5.26 Å². The summed E-state index contributed by atoms with van der Waals surface area (Å²) in [4.78, 5) is 17.4. The molecule has 0 N–H and O–H groups in total. The van der Waals surface area contributed by atoms with Gasteiger partial charge in [-0.05, 0) is 42.5 Å². The smallest absolute Gasteiger partial charge is 0.330 e. The molecule has 0 bridgehead atoms. The van der Waals surface area contributed by atoms with Crippen LogP contribution >= 0.6 is 0 Å². The second kappa shape index (κ2) is 7.15. The quantitative estimate of drug-likeness (QED) is 0.472. The normalized spacial score (nSPS) is 12.6. The van der Waals surface area contributed by atoms with Crippen LogP contribution in [0.15, 0.2) is 60.8 Å². The molecule has 0 amide bonds. The van der Waals surface area contributed by atoms with Crippen LogP contribution in [0, 0.1) is 11.3 Å². The zero-order valence-corrected chi connectivity index (χ0v) is 15.6. The molecule has 0 saturated carbocycles. The number of carbonyl (C=O) groups excluding carboxylic acids is 1. The summed E-state index contributed by atoms with van der Waals surface area (Å²) in [5.74, 6) is -1.23. The van der Waals surface area contributed by atoms with E-state index in [9.17, 15) is 23.2 Å². The number of aromatic nitrogens is 4. The first-order valence-electron chi connectivity index (χ1n) is 8.88. The number of rotatable bonds is 4. The van der Waals surface area contributed by atoms with Crippen molar-refractivity contribution >= 4 is 16.8 Å². The Morgan fingerprint density at radius 3 is 2.40 bits per heavy atom. The fourth-order valence-corrected chi connectivity index (χ4v) is 3.22. The van der Waals surface area contributed by atoms with Crippen molar-refractivity contribution in [3.05, 3.63) is 77.9 Å². The number of nitriles is 1. The predicted molar refractivity (Wildman–Crippen MR) is 102 cm³/mol. The van der Waals surface area contributed by atoms with Gasteiger partial charge in [-0.3, -0.25) is 4.79 Å². The van der Waals surface area contributed by atoms with Gasteiger partial charge in [0.2, 0.25) is 0 Å².